The van der Waals surface area contributed by atoms with Crippen molar-refractivity contribution >= 4 is 11.6 Å². The molecule has 0 unspecified atom stereocenters. The van der Waals surface area contributed by atoms with Crippen molar-refractivity contribution in [2.45, 2.75) is 26.2 Å². The molecule has 0 bridgehead atoms. The molecule has 0 spiro atoms. The number of fused-ring (bicyclic) bond motifs is 1. The lowest BCUT2D eigenvalue weighted by Crippen LogP contribution is -2.31. The molecule has 1 amide bonds. The number of oxime groups is 1. The molecular formula is C15H20N2O3. The zero-order chi connectivity index (χ0) is 14.5. The second kappa shape index (κ2) is 6.41. The van der Waals surface area contributed by atoms with E-state index in [9.17, 15) is 4.79 Å². The summed E-state index contributed by atoms with van der Waals surface area (Å²) in [5.74, 6) is 0.665. The largest absolute Gasteiger partial charge is 0.483 e. The number of carbonyl (C=O) groups excluding carboxylic acids is 1. The molecule has 5 heteroatoms. The molecule has 0 atom stereocenters. The van der Waals surface area contributed by atoms with Gasteiger partial charge in [0.15, 0.2) is 6.61 Å². The Bertz CT molecular complexity index is 526. The van der Waals surface area contributed by atoms with Crippen molar-refractivity contribution in [2.75, 3.05) is 20.2 Å². The van der Waals surface area contributed by atoms with Gasteiger partial charge in [-0.3, -0.25) is 4.79 Å². The summed E-state index contributed by atoms with van der Waals surface area (Å²) in [7, 11) is 1.75. The first-order valence-electron chi connectivity index (χ1n) is 6.87. The Labute approximate surface area is 118 Å². The normalized spacial score (nSPS) is 15.8. The van der Waals surface area contributed by atoms with Crippen LogP contribution in [0, 0.1) is 0 Å². The van der Waals surface area contributed by atoms with E-state index in [1.165, 1.54) is 0 Å². The van der Waals surface area contributed by atoms with Gasteiger partial charge in [-0.15, -0.1) is 0 Å². The summed E-state index contributed by atoms with van der Waals surface area (Å²) in [5.41, 5.74) is 2.64. The van der Waals surface area contributed by atoms with Crippen molar-refractivity contribution in [3.8, 4) is 5.75 Å². The van der Waals surface area contributed by atoms with Crippen molar-refractivity contribution in [1.82, 2.24) is 4.90 Å². The molecule has 1 aromatic carbocycles. The number of likely N-dealkylation sites (N-methyl/N-ethyl adjacent to an activating group) is 1. The van der Waals surface area contributed by atoms with Gasteiger partial charge in [0.1, 0.15) is 5.75 Å². The van der Waals surface area contributed by atoms with Gasteiger partial charge < -0.3 is 14.8 Å². The van der Waals surface area contributed by atoms with Crippen LogP contribution in [0.3, 0.4) is 0 Å². The first-order valence-corrected chi connectivity index (χ1v) is 6.87. The van der Waals surface area contributed by atoms with Gasteiger partial charge in [0.2, 0.25) is 0 Å². The molecule has 1 aromatic rings. The fourth-order valence-corrected chi connectivity index (χ4v) is 2.33. The Morgan fingerprint density at radius 2 is 2.25 bits per heavy atom. The van der Waals surface area contributed by atoms with Gasteiger partial charge in [0.05, 0.1) is 5.71 Å². The highest BCUT2D eigenvalue weighted by Crippen LogP contribution is 2.29. The SMILES string of the molecule is CCN(C)C(=O)COc1cccc2c1CCCC2=NO. The van der Waals surface area contributed by atoms with Crippen LogP contribution >= 0.6 is 0 Å². The molecule has 0 heterocycles. The smallest absolute Gasteiger partial charge is 0.260 e. The summed E-state index contributed by atoms with van der Waals surface area (Å²) in [6.45, 7) is 2.62. The van der Waals surface area contributed by atoms with E-state index < -0.39 is 0 Å². The average Bonchev–Trinajstić information content (AvgIpc) is 2.50. The number of nitrogens with zero attached hydrogens (tertiary/aromatic N) is 2. The quantitative estimate of drug-likeness (QED) is 0.676. The maximum atomic E-state index is 11.8. The van der Waals surface area contributed by atoms with E-state index in [1.54, 1.807) is 11.9 Å². The third kappa shape index (κ3) is 2.92. The van der Waals surface area contributed by atoms with Crippen LogP contribution in [0.25, 0.3) is 0 Å². The Kier molecular flexibility index (Phi) is 4.61. The molecular weight excluding hydrogens is 256 g/mol. The molecule has 0 saturated heterocycles. The molecule has 108 valence electrons. The second-order valence-corrected chi connectivity index (χ2v) is 4.88. The lowest BCUT2D eigenvalue weighted by molar-refractivity contribution is -0.131. The second-order valence-electron chi connectivity index (χ2n) is 4.88. The third-order valence-electron chi connectivity index (χ3n) is 3.66. The highest BCUT2D eigenvalue weighted by molar-refractivity contribution is 6.02. The van der Waals surface area contributed by atoms with Crippen LogP contribution in [0.4, 0.5) is 0 Å². The first-order chi connectivity index (χ1) is 9.67. The van der Waals surface area contributed by atoms with Crippen LogP contribution in [0.1, 0.15) is 30.9 Å². The van der Waals surface area contributed by atoms with Crippen LogP contribution in [-0.2, 0) is 11.2 Å². The minimum atomic E-state index is -0.0445. The summed E-state index contributed by atoms with van der Waals surface area (Å²) in [5, 5.41) is 12.4. The summed E-state index contributed by atoms with van der Waals surface area (Å²) in [4.78, 5) is 13.4. The van der Waals surface area contributed by atoms with E-state index >= 15 is 0 Å². The lowest BCUT2D eigenvalue weighted by atomic mass is 9.89. The molecule has 1 aliphatic carbocycles. The number of carbonyl (C=O) groups is 1. The topological polar surface area (TPSA) is 62.1 Å². The maximum absolute atomic E-state index is 11.8. The fraction of sp³-hybridized carbons (Fsp3) is 0.467. The van der Waals surface area contributed by atoms with Crippen molar-refractivity contribution in [3.63, 3.8) is 0 Å². The Hall–Kier alpha value is -2.04. The molecule has 20 heavy (non-hydrogen) atoms. The number of hydrogen-bond acceptors (Lipinski definition) is 4. The highest BCUT2D eigenvalue weighted by Gasteiger charge is 2.20. The van der Waals surface area contributed by atoms with Gasteiger partial charge in [-0.1, -0.05) is 17.3 Å². The highest BCUT2D eigenvalue weighted by atomic mass is 16.5. The molecule has 1 aliphatic rings. The van der Waals surface area contributed by atoms with Crippen molar-refractivity contribution in [2.24, 2.45) is 5.16 Å². The summed E-state index contributed by atoms with van der Waals surface area (Å²) in [6.07, 6.45) is 2.57. The van der Waals surface area contributed by atoms with E-state index in [0.29, 0.717) is 18.0 Å². The summed E-state index contributed by atoms with van der Waals surface area (Å²) < 4.78 is 5.65. The van der Waals surface area contributed by atoms with Crippen molar-refractivity contribution in [3.05, 3.63) is 29.3 Å². The third-order valence-corrected chi connectivity index (χ3v) is 3.66. The Morgan fingerprint density at radius 3 is 2.95 bits per heavy atom. The van der Waals surface area contributed by atoms with Crippen molar-refractivity contribution in [1.29, 1.82) is 0 Å². The van der Waals surface area contributed by atoms with Gasteiger partial charge in [-0.05, 0) is 32.3 Å². The molecule has 5 nitrogen and oxygen atoms in total. The van der Waals surface area contributed by atoms with Gasteiger partial charge >= 0.3 is 0 Å². The Morgan fingerprint density at radius 1 is 1.45 bits per heavy atom. The maximum Gasteiger partial charge on any atom is 0.260 e. The molecule has 1 N–H and O–H groups in total. The Balaban J connectivity index is 2.16. The van der Waals surface area contributed by atoms with Crippen LogP contribution in [-0.4, -0.2) is 41.9 Å². The predicted molar refractivity (Wildman–Crippen MR) is 76.5 cm³/mol. The zero-order valence-corrected chi connectivity index (χ0v) is 11.9. The van der Waals surface area contributed by atoms with E-state index in [0.717, 1.165) is 30.4 Å². The molecule has 0 saturated carbocycles. The van der Waals surface area contributed by atoms with Crippen LogP contribution < -0.4 is 4.74 Å². The number of benzene rings is 1. The number of hydrogen-bond donors (Lipinski definition) is 1. The van der Waals surface area contributed by atoms with Crippen LogP contribution in [0.5, 0.6) is 5.75 Å². The molecule has 2 rings (SSSR count). The monoisotopic (exact) mass is 276 g/mol. The predicted octanol–water partition coefficient (Wildman–Crippen LogP) is 2.06. The zero-order valence-electron chi connectivity index (χ0n) is 11.9. The van der Waals surface area contributed by atoms with Crippen molar-refractivity contribution < 1.29 is 14.7 Å². The molecule has 0 radical (unpaired) electrons. The summed E-state index contributed by atoms with van der Waals surface area (Å²) >= 11 is 0. The first kappa shape index (κ1) is 14.4. The number of amides is 1. The van der Waals surface area contributed by atoms with Crippen LogP contribution in [0.15, 0.2) is 23.4 Å². The number of ether oxygens (including phenoxy) is 1. The van der Waals surface area contributed by atoms with Gasteiger partial charge in [-0.2, -0.15) is 0 Å². The fourth-order valence-electron chi connectivity index (χ4n) is 2.33. The number of rotatable bonds is 4. The lowest BCUT2D eigenvalue weighted by Gasteiger charge is -2.21. The minimum absolute atomic E-state index is 0.0341. The van der Waals surface area contributed by atoms with Crippen LogP contribution in [0.2, 0.25) is 0 Å². The van der Waals surface area contributed by atoms with Gasteiger partial charge in [-0.25, -0.2) is 0 Å². The average molecular weight is 276 g/mol. The minimum Gasteiger partial charge on any atom is -0.483 e. The van der Waals surface area contributed by atoms with E-state index in [-0.39, 0.29) is 12.5 Å². The van der Waals surface area contributed by atoms with Gasteiger partial charge in [0, 0.05) is 24.7 Å². The standard InChI is InChI=1S/C15H20N2O3/c1-3-17(2)15(18)10-20-14-9-5-6-11-12(14)7-4-8-13(11)16-19/h5-6,9,19H,3-4,7-8,10H2,1-2H3. The molecule has 0 aliphatic heterocycles. The van der Waals surface area contributed by atoms with E-state index in [4.69, 9.17) is 9.94 Å². The summed E-state index contributed by atoms with van der Waals surface area (Å²) in [6, 6.07) is 5.65. The van der Waals surface area contributed by atoms with E-state index in [2.05, 4.69) is 5.16 Å². The molecule has 0 fully saturated rings. The van der Waals surface area contributed by atoms with Gasteiger partial charge in [0.25, 0.3) is 5.91 Å². The molecule has 0 aromatic heterocycles. The van der Waals surface area contributed by atoms with E-state index in [1.807, 2.05) is 25.1 Å².